The topological polar surface area (TPSA) is 113 Å². The molecule has 0 radical (unpaired) electrons. The SMILES string of the molecule is COC(=O)c1cc2c(=O)n(-c3cc(OC)cc(OC)c3)c(C(=O)NC3CCCCC3)cn2n1. The lowest BCUT2D eigenvalue weighted by Gasteiger charge is -2.23. The summed E-state index contributed by atoms with van der Waals surface area (Å²) in [6, 6.07) is 6.31. The molecule has 1 saturated carbocycles. The van der Waals surface area contributed by atoms with Gasteiger partial charge in [0.05, 0.1) is 33.2 Å². The highest BCUT2D eigenvalue weighted by atomic mass is 16.5. The molecule has 1 aliphatic carbocycles. The number of aromatic nitrogens is 3. The average molecular weight is 454 g/mol. The molecule has 1 aliphatic rings. The van der Waals surface area contributed by atoms with E-state index in [1.807, 2.05) is 0 Å². The summed E-state index contributed by atoms with van der Waals surface area (Å²) in [7, 11) is 4.23. The molecule has 1 amide bonds. The zero-order valence-corrected chi connectivity index (χ0v) is 18.8. The van der Waals surface area contributed by atoms with Gasteiger partial charge in [0.15, 0.2) is 5.69 Å². The van der Waals surface area contributed by atoms with E-state index < -0.39 is 17.4 Å². The molecule has 3 aromatic rings. The second-order valence-electron chi connectivity index (χ2n) is 7.89. The van der Waals surface area contributed by atoms with Gasteiger partial charge in [0, 0.05) is 30.3 Å². The Hall–Kier alpha value is -3.82. The van der Waals surface area contributed by atoms with E-state index in [9.17, 15) is 14.4 Å². The van der Waals surface area contributed by atoms with Crippen LogP contribution in [0.4, 0.5) is 0 Å². The van der Waals surface area contributed by atoms with Crippen molar-refractivity contribution < 1.29 is 23.8 Å². The van der Waals surface area contributed by atoms with Gasteiger partial charge >= 0.3 is 5.97 Å². The minimum absolute atomic E-state index is 0.0331. The Morgan fingerprint density at radius 3 is 2.27 bits per heavy atom. The summed E-state index contributed by atoms with van der Waals surface area (Å²) < 4.78 is 17.9. The Labute approximate surface area is 190 Å². The maximum absolute atomic E-state index is 13.6. The van der Waals surface area contributed by atoms with Crippen LogP contribution in [0, 0.1) is 0 Å². The van der Waals surface area contributed by atoms with E-state index in [0.717, 1.165) is 32.1 Å². The van der Waals surface area contributed by atoms with Gasteiger partial charge < -0.3 is 19.5 Å². The monoisotopic (exact) mass is 454 g/mol. The molecule has 33 heavy (non-hydrogen) atoms. The molecule has 0 unspecified atom stereocenters. The van der Waals surface area contributed by atoms with Crippen molar-refractivity contribution in [2.75, 3.05) is 21.3 Å². The maximum Gasteiger partial charge on any atom is 0.358 e. The van der Waals surface area contributed by atoms with Gasteiger partial charge in [-0.2, -0.15) is 5.10 Å². The van der Waals surface area contributed by atoms with Gasteiger partial charge in [0.1, 0.15) is 22.7 Å². The molecular formula is C23H26N4O6. The van der Waals surface area contributed by atoms with Crippen LogP contribution in [0.3, 0.4) is 0 Å². The molecule has 0 bridgehead atoms. The number of amides is 1. The van der Waals surface area contributed by atoms with Crippen molar-refractivity contribution in [3.63, 3.8) is 0 Å². The van der Waals surface area contributed by atoms with Gasteiger partial charge in [-0.1, -0.05) is 19.3 Å². The number of esters is 1. The van der Waals surface area contributed by atoms with Crippen LogP contribution in [-0.4, -0.2) is 53.4 Å². The maximum atomic E-state index is 13.6. The fourth-order valence-electron chi connectivity index (χ4n) is 4.10. The van der Waals surface area contributed by atoms with E-state index in [4.69, 9.17) is 14.2 Å². The van der Waals surface area contributed by atoms with Crippen LogP contribution in [-0.2, 0) is 4.74 Å². The smallest absolute Gasteiger partial charge is 0.358 e. The number of benzene rings is 1. The van der Waals surface area contributed by atoms with E-state index in [2.05, 4.69) is 10.4 Å². The zero-order chi connectivity index (χ0) is 23.5. The summed E-state index contributed by atoms with van der Waals surface area (Å²) in [5, 5.41) is 7.18. The highest BCUT2D eigenvalue weighted by Gasteiger charge is 2.24. The predicted molar refractivity (Wildman–Crippen MR) is 120 cm³/mol. The number of rotatable bonds is 6. The second kappa shape index (κ2) is 9.35. The van der Waals surface area contributed by atoms with Crippen LogP contribution < -0.4 is 20.3 Å². The van der Waals surface area contributed by atoms with Crippen LogP contribution in [0.2, 0.25) is 0 Å². The van der Waals surface area contributed by atoms with Crippen molar-refractivity contribution in [1.82, 2.24) is 19.5 Å². The fraction of sp³-hybridized carbons (Fsp3) is 0.391. The molecule has 0 saturated heterocycles. The van der Waals surface area contributed by atoms with Crippen molar-refractivity contribution in [3.05, 3.63) is 52.2 Å². The quantitative estimate of drug-likeness (QED) is 0.569. The van der Waals surface area contributed by atoms with E-state index in [-0.39, 0.29) is 22.9 Å². The lowest BCUT2D eigenvalue weighted by Crippen LogP contribution is -2.39. The van der Waals surface area contributed by atoms with Crippen molar-refractivity contribution in [3.8, 4) is 17.2 Å². The van der Waals surface area contributed by atoms with Crippen molar-refractivity contribution in [2.45, 2.75) is 38.1 Å². The molecule has 4 rings (SSSR count). The van der Waals surface area contributed by atoms with Crippen LogP contribution in [0.5, 0.6) is 11.5 Å². The number of nitrogens with zero attached hydrogens (tertiary/aromatic N) is 3. The van der Waals surface area contributed by atoms with Crippen molar-refractivity contribution in [1.29, 1.82) is 0 Å². The molecular weight excluding hydrogens is 428 g/mol. The number of nitrogens with one attached hydrogen (secondary N) is 1. The third-order valence-electron chi connectivity index (χ3n) is 5.81. The fourth-order valence-corrected chi connectivity index (χ4v) is 4.10. The molecule has 10 nitrogen and oxygen atoms in total. The Kier molecular flexibility index (Phi) is 6.34. The van der Waals surface area contributed by atoms with Gasteiger partial charge in [-0.15, -0.1) is 0 Å². The first-order valence-corrected chi connectivity index (χ1v) is 10.7. The Balaban J connectivity index is 1.91. The van der Waals surface area contributed by atoms with Gasteiger partial charge in [-0.05, 0) is 12.8 Å². The Bertz CT molecular complexity index is 1230. The molecule has 1 fully saturated rings. The number of methoxy groups -OCH3 is 3. The molecule has 10 heteroatoms. The Morgan fingerprint density at radius 2 is 1.67 bits per heavy atom. The van der Waals surface area contributed by atoms with Crippen LogP contribution >= 0.6 is 0 Å². The third kappa shape index (κ3) is 4.41. The summed E-state index contributed by atoms with van der Waals surface area (Å²) in [4.78, 5) is 38.9. The predicted octanol–water partition coefficient (Wildman–Crippen LogP) is 2.35. The second-order valence-corrected chi connectivity index (χ2v) is 7.89. The summed E-state index contributed by atoms with van der Waals surface area (Å²) >= 11 is 0. The number of hydrogen-bond donors (Lipinski definition) is 1. The lowest BCUT2D eigenvalue weighted by molar-refractivity contribution is 0.0593. The summed E-state index contributed by atoms with van der Waals surface area (Å²) in [6.07, 6.45) is 6.46. The van der Waals surface area contributed by atoms with Crippen molar-refractivity contribution in [2.24, 2.45) is 0 Å². The number of fused-ring (bicyclic) bond motifs is 1. The first kappa shape index (κ1) is 22.4. The molecule has 0 spiro atoms. The van der Waals surface area contributed by atoms with Gasteiger partial charge in [-0.3, -0.25) is 14.2 Å². The van der Waals surface area contributed by atoms with E-state index >= 15 is 0 Å². The first-order chi connectivity index (χ1) is 15.9. The number of carbonyl (C=O) groups is 2. The van der Waals surface area contributed by atoms with Gasteiger partial charge in [0.25, 0.3) is 11.5 Å². The minimum atomic E-state index is -0.680. The lowest BCUT2D eigenvalue weighted by atomic mass is 9.95. The molecule has 2 heterocycles. The Morgan fingerprint density at radius 1 is 1.00 bits per heavy atom. The summed E-state index contributed by atoms with van der Waals surface area (Å²) in [5.41, 5.74) is 0.0195. The molecule has 174 valence electrons. The average Bonchev–Trinajstić information content (AvgIpc) is 3.28. The van der Waals surface area contributed by atoms with Crippen LogP contribution in [0.15, 0.2) is 35.3 Å². The largest absolute Gasteiger partial charge is 0.497 e. The highest BCUT2D eigenvalue weighted by molar-refractivity contribution is 5.94. The van der Waals surface area contributed by atoms with Gasteiger partial charge in [0.2, 0.25) is 0 Å². The van der Waals surface area contributed by atoms with Crippen molar-refractivity contribution >= 4 is 17.4 Å². The molecule has 1 aromatic carbocycles. The van der Waals surface area contributed by atoms with Gasteiger partial charge in [-0.25, -0.2) is 9.31 Å². The van der Waals surface area contributed by atoms with Crippen LogP contribution in [0.1, 0.15) is 53.1 Å². The van der Waals surface area contributed by atoms with E-state index in [1.54, 1.807) is 18.2 Å². The normalized spacial score (nSPS) is 14.2. The number of ether oxygens (including phenoxy) is 3. The summed E-state index contributed by atoms with van der Waals surface area (Å²) in [5.74, 6) is -0.171. The summed E-state index contributed by atoms with van der Waals surface area (Å²) in [6.45, 7) is 0. The minimum Gasteiger partial charge on any atom is -0.497 e. The standard InChI is InChI=1S/C23H26N4O6/c1-31-16-9-15(10-17(11-16)32-2)27-20(21(28)24-14-7-5-4-6-8-14)13-26-19(22(27)29)12-18(25-26)23(30)33-3/h9-14H,4-8H2,1-3H3,(H,24,28). The first-order valence-electron chi connectivity index (χ1n) is 10.7. The number of carbonyl (C=O) groups excluding carboxylic acids is 2. The van der Waals surface area contributed by atoms with E-state index in [0.29, 0.717) is 17.2 Å². The molecule has 0 aliphatic heterocycles. The highest BCUT2D eigenvalue weighted by Crippen LogP contribution is 2.26. The molecule has 2 aromatic heterocycles. The number of hydrogen-bond acceptors (Lipinski definition) is 7. The van der Waals surface area contributed by atoms with Crippen LogP contribution in [0.25, 0.3) is 11.2 Å². The molecule has 0 atom stereocenters. The third-order valence-corrected chi connectivity index (χ3v) is 5.81. The zero-order valence-electron chi connectivity index (χ0n) is 18.8. The van der Waals surface area contributed by atoms with E-state index in [1.165, 1.54) is 42.7 Å². The molecule has 1 N–H and O–H groups in total.